The van der Waals surface area contributed by atoms with Crippen LogP contribution in [-0.4, -0.2) is 61.4 Å². The first-order valence-electron chi connectivity index (χ1n) is 9.88. The fourth-order valence-corrected chi connectivity index (χ4v) is 5.35. The number of hydrogen-bond acceptors (Lipinski definition) is 6. The van der Waals surface area contributed by atoms with Gasteiger partial charge in [-0.1, -0.05) is 22.9 Å². The van der Waals surface area contributed by atoms with E-state index >= 15 is 0 Å². The number of carbonyl (C=O) groups is 1. The Kier molecular flexibility index (Phi) is 6.95. The van der Waals surface area contributed by atoms with Crippen molar-refractivity contribution >= 4 is 56.0 Å². The number of nitrogens with zero attached hydrogens (tertiary/aromatic N) is 3. The molecule has 30 heavy (non-hydrogen) atoms. The number of anilines is 1. The molecule has 1 amide bonds. The normalized spacial score (nSPS) is 14.9. The minimum Gasteiger partial charge on any atom is -0.379 e. The topological polar surface area (TPSA) is 45.7 Å². The van der Waals surface area contributed by atoms with Gasteiger partial charge < -0.3 is 4.74 Å². The summed E-state index contributed by atoms with van der Waals surface area (Å²) >= 11 is 9.42. The molecule has 2 aromatic carbocycles. The maximum atomic E-state index is 13.5. The second-order valence-corrected chi connectivity index (χ2v) is 9.53. The Morgan fingerprint density at radius 1 is 1.27 bits per heavy atom. The molecule has 1 fully saturated rings. The third kappa shape index (κ3) is 4.81. The van der Waals surface area contributed by atoms with Gasteiger partial charge in [0.1, 0.15) is 0 Å². The van der Waals surface area contributed by atoms with E-state index in [1.165, 1.54) is 11.3 Å². The molecule has 0 spiro atoms. The molecule has 1 saturated heterocycles. The summed E-state index contributed by atoms with van der Waals surface area (Å²) in [5, 5.41) is 1.40. The van der Waals surface area contributed by atoms with E-state index in [2.05, 4.69) is 4.90 Å². The van der Waals surface area contributed by atoms with Crippen molar-refractivity contribution in [3.05, 3.63) is 52.5 Å². The summed E-state index contributed by atoms with van der Waals surface area (Å²) in [6, 6.07) is 11.6. The van der Waals surface area contributed by atoms with Gasteiger partial charge in [0.15, 0.2) is 5.13 Å². The number of carbonyl (C=O) groups excluding carboxylic acids is 1. The SMILES string of the molecule is CSc1ccc(C(=O)N(CCN2CCOCC2)c2nc3c(C)cc(Cl)cc3s2)cc1. The van der Waals surface area contributed by atoms with Crippen molar-refractivity contribution in [2.75, 3.05) is 50.5 Å². The molecule has 0 aliphatic carbocycles. The lowest BCUT2D eigenvalue weighted by Gasteiger charge is -2.29. The highest BCUT2D eigenvalue weighted by molar-refractivity contribution is 7.98. The Morgan fingerprint density at radius 3 is 2.70 bits per heavy atom. The molecule has 3 aromatic rings. The Morgan fingerprint density at radius 2 is 2.00 bits per heavy atom. The molecular formula is C22H24ClN3O2S2. The molecule has 158 valence electrons. The van der Waals surface area contributed by atoms with Gasteiger partial charge >= 0.3 is 0 Å². The maximum Gasteiger partial charge on any atom is 0.260 e. The molecule has 1 aromatic heterocycles. The van der Waals surface area contributed by atoms with Gasteiger partial charge in [0.05, 0.1) is 23.4 Å². The van der Waals surface area contributed by atoms with Crippen LogP contribution in [0.3, 0.4) is 0 Å². The van der Waals surface area contributed by atoms with Crippen LogP contribution < -0.4 is 4.90 Å². The van der Waals surface area contributed by atoms with Crippen LogP contribution in [0.2, 0.25) is 5.02 Å². The zero-order valence-corrected chi connectivity index (χ0v) is 19.4. The second kappa shape index (κ2) is 9.66. The quantitative estimate of drug-likeness (QED) is 0.485. The highest BCUT2D eigenvalue weighted by atomic mass is 35.5. The number of ether oxygens (including phenoxy) is 1. The largest absolute Gasteiger partial charge is 0.379 e. The highest BCUT2D eigenvalue weighted by Gasteiger charge is 2.23. The van der Waals surface area contributed by atoms with Crippen molar-refractivity contribution in [1.82, 2.24) is 9.88 Å². The molecule has 8 heteroatoms. The van der Waals surface area contributed by atoms with Gasteiger partial charge in [-0.2, -0.15) is 0 Å². The van der Waals surface area contributed by atoms with Crippen LogP contribution in [0.4, 0.5) is 5.13 Å². The molecule has 0 saturated carbocycles. The molecular weight excluding hydrogens is 438 g/mol. The van der Waals surface area contributed by atoms with Crippen LogP contribution in [0, 0.1) is 6.92 Å². The summed E-state index contributed by atoms with van der Waals surface area (Å²) in [7, 11) is 0. The molecule has 2 heterocycles. The number of aromatic nitrogens is 1. The van der Waals surface area contributed by atoms with E-state index in [0.717, 1.165) is 53.5 Å². The summed E-state index contributed by atoms with van der Waals surface area (Å²) in [5.74, 6) is -0.0290. The van der Waals surface area contributed by atoms with Gasteiger partial charge in [0, 0.05) is 41.7 Å². The van der Waals surface area contributed by atoms with Crippen LogP contribution in [0.1, 0.15) is 15.9 Å². The fraction of sp³-hybridized carbons (Fsp3) is 0.364. The minimum absolute atomic E-state index is 0.0290. The van der Waals surface area contributed by atoms with E-state index in [1.54, 1.807) is 11.8 Å². The number of hydrogen-bond donors (Lipinski definition) is 0. The second-order valence-electron chi connectivity index (χ2n) is 7.21. The predicted molar refractivity (Wildman–Crippen MR) is 127 cm³/mol. The third-order valence-corrected chi connectivity index (χ3v) is 7.18. The predicted octanol–water partition coefficient (Wildman–Crippen LogP) is 4.96. The zero-order valence-electron chi connectivity index (χ0n) is 17.1. The average molecular weight is 462 g/mol. The van der Waals surface area contributed by atoms with E-state index in [0.29, 0.717) is 22.3 Å². The molecule has 0 unspecified atom stereocenters. The van der Waals surface area contributed by atoms with Crippen molar-refractivity contribution in [3.8, 4) is 0 Å². The molecule has 0 bridgehead atoms. The van der Waals surface area contributed by atoms with E-state index < -0.39 is 0 Å². The monoisotopic (exact) mass is 461 g/mol. The molecule has 0 N–H and O–H groups in total. The van der Waals surface area contributed by atoms with E-state index in [4.69, 9.17) is 21.3 Å². The van der Waals surface area contributed by atoms with Crippen molar-refractivity contribution in [3.63, 3.8) is 0 Å². The van der Waals surface area contributed by atoms with Crippen molar-refractivity contribution < 1.29 is 9.53 Å². The number of benzene rings is 2. The fourth-order valence-electron chi connectivity index (χ4n) is 3.50. The maximum absolute atomic E-state index is 13.5. The molecule has 5 nitrogen and oxygen atoms in total. The summed E-state index contributed by atoms with van der Waals surface area (Å²) in [6.45, 7) is 6.62. The first kappa shape index (κ1) is 21.6. The van der Waals surface area contributed by atoms with Crippen LogP contribution in [-0.2, 0) is 4.74 Å². The van der Waals surface area contributed by atoms with Crippen LogP contribution >= 0.6 is 34.7 Å². The zero-order chi connectivity index (χ0) is 21.1. The molecule has 1 aliphatic rings. The number of aryl methyl sites for hydroxylation is 1. The Hall–Kier alpha value is -1.64. The smallest absolute Gasteiger partial charge is 0.260 e. The number of morpholine rings is 1. The van der Waals surface area contributed by atoms with Gasteiger partial charge in [0.2, 0.25) is 0 Å². The number of thiazole rings is 1. The number of rotatable bonds is 6. The first-order valence-corrected chi connectivity index (χ1v) is 12.3. The van der Waals surface area contributed by atoms with Crippen LogP contribution in [0.25, 0.3) is 10.2 Å². The Balaban J connectivity index is 1.65. The lowest BCUT2D eigenvalue weighted by molar-refractivity contribution is 0.0391. The molecule has 0 radical (unpaired) electrons. The Labute approximate surface area is 190 Å². The minimum atomic E-state index is -0.0290. The van der Waals surface area contributed by atoms with Gasteiger partial charge in [-0.3, -0.25) is 14.6 Å². The van der Waals surface area contributed by atoms with Crippen LogP contribution in [0.15, 0.2) is 41.3 Å². The molecule has 4 rings (SSSR count). The highest BCUT2D eigenvalue weighted by Crippen LogP contribution is 2.33. The van der Waals surface area contributed by atoms with Gasteiger partial charge in [-0.25, -0.2) is 4.98 Å². The van der Waals surface area contributed by atoms with Gasteiger partial charge in [-0.15, -0.1) is 11.8 Å². The standard InChI is InChI=1S/C22H24ClN3O2S2/c1-15-13-17(23)14-19-20(15)24-22(30-19)26(8-7-25-9-11-28-12-10-25)21(27)16-3-5-18(29-2)6-4-16/h3-6,13-14H,7-12H2,1-2H3. The number of fused-ring (bicyclic) bond motifs is 1. The number of thioether (sulfide) groups is 1. The average Bonchev–Trinajstić information content (AvgIpc) is 3.18. The van der Waals surface area contributed by atoms with Crippen molar-refractivity contribution in [2.24, 2.45) is 0 Å². The van der Waals surface area contributed by atoms with Crippen molar-refractivity contribution in [1.29, 1.82) is 0 Å². The summed E-state index contributed by atoms with van der Waals surface area (Å²) in [4.78, 5) is 23.6. The van der Waals surface area contributed by atoms with Crippen LogP contribution in [0.5, 0.6) is 0 Å². The number of amides is 1. The third-order valence-electron chi connectivity index (χ3n) is 5.20. The lowest BCUT2D eigenvalue weighted by atomic mass is 10.2. The van der Waals surface area contributed by atoms with E-state index in [1.807, 2.05) is 54.5 Å². The first-order chi connectivity index (χ1) is 14.5. The van der Waals surface area contributed by atoms with E-state index in [-0.39, 0.29) is 5.91 Å². The number of halogens is 1. The lowest BCUT2D eigenvalue weighted by Crippen LogP contribution is -2.43. The van der Waals surface area contributed by atoms with Gasteiger partial charge in [-0.05, 0) is 55.1 Å². The summed E-state index contributed by atoms with van der Waals surface area (Å²) in [6.07, 6.45) is 2.03. The summed E-state index contributed by atoms with van der Waals surface area (Å²) in [5.41, 5.74) is 2.59. The molecule has 1 aliphatic heterocycles. The van der Waals surface area contributed by atoms with Gasteiger partial charge in [0.25, 0.3) is 5.91 Å². The summed E-state index contributed by atoms with van der Waals surface area (Å²) < 4.78 is 6.44. The Bertz CT molecular complexity index is 1030. The van der Waals surface area contributed by atoms with Crippen molar-refractivity contribution in [2.45, 2.75) is 11.8 Å². The molecule has 0 atom stereocenters. The van der Waals surface area contributed by atoms with E-state index in [9.17, 15) is 4.79 Å².